The van der Waals surface area contributed by atoms with E-state index in [1.54, 1.807) is 26.0 Å². The van der Waals surface area contributed by atoms with E-state index in [0.717, 1.165) is 5.56 Å². The molecule has 2 N–H and O–H groups in total. The number of nitrogens with one attached hydrogen (secondary N) is 1. The summed E-state index contributed by atoms with van der Waals surface area (Å²) in [4.78, 5) is 22.9. The van der Waals surface area contributed by atoms with Gasteiger partial charge in [0.1, 0.15) is 5.76 Å². The lowest BCUT2D eigenvalue weighted by molar-refractivity contribution is 0.0696. The highest BCUT2D eigenvalue weighted by Gasteiger charge is 2.13. The molecular formula is C14H13NO4. The Morgan fingerprint density at radius 2 is 1.95 bits per heavy atom. The maximum Gasteiger partial charge on any atom is 0.335 e. The number of furan rings is 1. The minimum Gasteiger partial charge on any atom is -0.478 e. The van der Waals surface area contributed by atoms with Crippen LogP contribution in [-0.2, 0) is 0 Å². The third-order valence-electron chi connectivity index (χ3n) is 2.84. The van der Waals surface area contributed by atoms with E-state index in [1.807, 2.05) is 0 Å². The Morgan fingerprint density at radius 3 is 2.53 bits per heavy atom. The molecule has 5 heteroatoms. The summed E-state index contributed by atoms with van der Waals surface area (Å²) in [5, 5.41) is 11.6. The van der Waals surface area contributed by atoms with Gasteiger partial charge < -0.3 is 14.8 Å². The van der Waals surface area contributed by atoms with Gasteiger partial charge >= 0.3 is 5.97 Å². The fourth-order valence-corrected chi connectivity index (χ4v) is 1.70. The molecule has 0 aliphatic heterocycles. The van der Waals surface area contributed by atoms with Crippen LogP contribution in [0.5, 0.6) is 0 Å². The summed E-state index contributed by atoms with van der Waals surface area (Å²) in [5.74, 6) is -0.837. The van der Waals surface area contributed by atoms with E-state index >= 15 is 0 Å². The first-order chi connectivity index (χ1) is 8.99. The molecule has 0 unspecified atom stereocenters. The zero-order valence-electron chi connectivity index (χ0n) is 10.6. The Morgan fingerprint density at radius 1 is 1.21 bits per heavy atom. The van der Waals surface area contributed by atoms with Crippen LogP contribution in [0.1, 0.15) is 32.0 Å². The molecule has 0 aliphatic rings. The van der Waals surface area contributed by atoms with Gasteiger partial charge in [-0.15, -0.1) is 0 Å². The van der Waals surface area contributed by atoms with Crippen molar-refractivity contribution in [3.63, 3.8) is 0 Å². The van der Waals surface area contributed by atoms with Crippen molar-refractivity contribution < 1.29 is 19.1 Å². The largest absolute Gasteiger partial charge is 0.478 e. The van der Waals surface area contributed by atoms with Gasteiger partial charge in [0.05, 0.1) is 17.4 Å². The van der Waals surface area contributed by atoms with Gasteiger partial charge in [0.15, 0.2) is 0 Å². The van der Waals surface area contributed by atoms with Gasteiger partial charge in [-0.25, -0.2) is 4.79 Å². The number of carboxylic acids is 1. The zero-order valence-corrected chi connectivity index (χ0v) is 10.6. The number of benzene rings is 1. The molecule has 1 heterocycles. The van der Waals surface area contributed by atoms with Gasteiger partial charge in [-0.1, -0.05) is 6.07 Å². The minimum absolute atomic E-state index is 0.129. The van der Waals surface area contributed by atoms with E-state index < -0.39 is 5.97 Å². The van der Waals surface area contributed by atoms with Crippen LogP contribution >= 0.6 is 0 Å². The van der Waals surface area contributed by atoms with Gasteiger partial charge in [0, 0.05) is 5.69 Å². The molecule has 1 amide bonds. The first kappa shape index (κ1) is 12.9. The third-order valence-corrected chi connectivity index (χ3v) is 2.84. The smallest absolute Gasteiger partial charge is 0.335 e. The van der Waals surface area contributed by atoms with Crippen LogP contribution in [0.15, 0.2) is 34.9 Å². The Bertz CT molecular complexity index is 643. The van der Waals surface area contributed by atoms with Crippen molar-refractivity contribution in [3.8, 4) is 0 Å². The third kappa shape index (κ3) is 2.65. The highest BCUT2D eigenvalue weighted by molar-refractivity contribution is 6.05. The van der Waals surface area contributed by atoms with Crippen LogP contribution in [-0.4, -0.2) is 17.0 Å². The number of carbonyl (C=O) groups is 2. The summed E-state index contributed by atoms with van der Waals surface area (Å²) >= 11 is 0. The second-order valence-electron chi connectivity index (χ2n) is 4.18. The average Bonchev–Trinajstić information content (AvgIpc) is 2.78. The molecule has 0 atom stereocenters. The summed E-state index contributed by atoms with van der Waals surface area (Å²) in [7, 11) is 0. The van der Waals surface area contributed by atoms with E-state index in [0.29, 0.717) is 17.0 Å². The molecule has 0 saturated heterocycles. The Labute approximate surface area is 109 Å². The fraction of sp³-hybridized carbons (Fsp3) is 0.143. The zero-order chi connectivity index (χ0) is 14.0. The van der Waals surface area contributed by atoms with Crippen molar-refractivity contribution >= 4 is 17.6 Å². The van der Waals surface area contributed by atoms with E-state index in [9.17, 15) is 9.59 Å². The first-order valence-electron chi connectivity index (χ1n) is 5.68. The number of aryl methyl sites for hydroxylation is 2. The molecule has 0 spiro atoms. The van der Waals surface area contributed by atoms with E-state index in [4.69, 9.17) is 9.52 Å². The molecule has 0 fully saturated rings. The van der Waals surface area contributed by atoms with Crippen LogP contribution in [0.25, 0.3) is 0 Å². The molecule has 5 nitrogen and oxygen atoms in total. The Balaban J connectivity index is 2.28. The molecule has 1 aromatic carbocycles. The average molecular weight is 259 g/mol. The normalized spacial score (nSPS) is 10.2. The number of hydrogen-bond donors (Lipinski definition) is 2. The summed E-state index contributed by atoms with van der Waals surface area (Å²) < 4.78 is 5.06. The van der Waals surface area contributed by atoms with Crippen molar-refractivity contribution in [2.75, 3.05) is 5.32 Å². The van der Waals surface area contributed by atoms with Gasteiger partial charge in [-0.3, -0.25) is 4.79 Å². The lowest BCUT2D eigenvalue weighted by Crippen LogP contribution is -2.13. The molecule has 0 aliphatic carbocycles. The SMILES string of the molecule is Cc1ccc(C(=O)O)cc1NC(=O)c1ccoc1C. The molecule has 1 aromatic heterocycles. The number of carboxylic acid groups (broad SMARTS) is 1. The Kier molecular flexibility index (Phi) is 3.37. The number of aromatic carboxylic acids is 1. The lowest BCUT2D eigenvalue weighted by Gasteiger charge is -2.08. The quantitative estimate of drug-likeness (QED) is 0.888. The number of hydrogen-bond acceptors (Lipinski definition) is 3. The Hall–Kier alpha value is -2.56. The second-order valence-corrected chi connectivity index (χ2v) is 4.18. The van der Waals surface area contributed by atoms with E-state index in [-0.39, 0.29) is 11.5 Å². The molecule has 2 aromatic rings. The first-order valence-corrected chi connectivity index (χ1v) is 5.68. The molecular weight excluding hydrogens is 246 g/mol. The fourth-order valence-electron chi connectivity index (χ4n) is 1.70. The molecule has 0 radical (unpaired) electrons. The van der Waals surface area contributed by atoms with Crippen molar-refractivity contribution in [2.24, 2.45) is 0 Å². The van der Waals surface area contributed by atoms with Gasteiger partial charge in [-0.05, 0) is 37.6 Å². The van der Waals surface area contributed by atoms with Crippen molar-refractivity contribution in [3.05, 3.63) is 53.0 Å². The van der Waals surface area contributed by atoms with Gasteiger partial charge in [-0.2, -0.15) is 0 Å². The number of carbonyl (C=O) groups excluding carboxylic acids is 1. The van der Waals surface area contributed by atoms with Gasteiger partial charge in [0.25, 0.3) is 5.91 Å². The number of anilines is 1. The standard InChI is InChI=1S/C14H13NO4/c1-8-3-4-10(14(17)18)7-12(8)15-13(16)11-5-6-19-9(11)2/h3-7H,1-2H3,(H,15,16)(H,17,18). The van der Waals surface area contributed by atoms with Gasteiger partial charge in [0.2, 0.25) is 0 Å². The van der Waals surface area contributed by atoms with Crippen LogP contribution in [0, 0.1) is 13.8 Å². The van der Waals surface area contributed by atoms with Crippen molar-refractivity contribution in [2.45, 2.75) is 13.8 Å². The summed E-state index contributed by atoms with van der Waals surface area (Å²) in [6.07, 6.45) is 1.44. The number of amides is 1. The van der Waals surface area contributed by atoms with E-state index in [2.05, 4.69) is 5.32 Å². The highest BCUT2D eigenvalue weighted by Crippen LogP contribution is 2.19. The topological polar surface area (TPSA) is 79.5 Å². The monoisotopic (exact) mass is 259 g/mol. The van der Waals surface area contributed by atoms with E-state index in [1.165, 1.54) is 18.4 Å². The maximum atomic E-state index is 12.0. The molecule has 0 saturated carbocycles. The van der Waals surface area contributed by atoms with Crippen LogP contribution in [0.2, 0.25) is 0 Å². The second kappa shape index (κ2) is 4.97. The summed E-state index contributed by atoms with van der Waals surface area (Å²) in [6.45, 7) is 3.49. The lowest BCUT2D eigenvalue weighted by atomic mass is 10.1. The number of rotatable bonds is 3. The van der Waals surface area contributed by atoms with Crippen LogP contribution in [0.4, 0.5) is 5.69 Å². The van der Waals surface area contributed by atoms with Crippen LogP contribution in [0.3, 0.4) is 0 Å². The molecule has 98 valence electrons. The molecule has 0 bridgehead atoms. The maximum absolute atomic E-state index is 12.0. The minimum atomic E-state index is -1.03. The predicted octanol–water partition coefficient (Wildman–Crippen LogP) is 2.85. The summed E-state index contributed by atoms with van der Waals surface area (Å²) in [5.41, 5.74) is 1.83. The summed E-state index contributed by atoms with van der Waals surface area (Å²) in [6, 6.07) is 6.16. The van der Waals surface area contributed by atoms with Crippen LogP contribution < -0.4 is 5.32 Å². The highest BCUT2D eigenvalue weighted by atomic mass is 16.4. The molecule has 19 heavy (non-hydrogen) atoms. The molecule has 2 rings (SSSR count). The van der Waals surface area contributed by atoms with Crippen molar-refractivity contribution in [1.82, 2.24) is 0 Å². The predicted molar refractivity (Wildman–Crippen MR) is 69.5 cm³/mol. The van der Waals surface area contributed by atoms with Crippen molar-refractivity contribution in [1.29, 1.82) is 0 Å².